The molecule has 0 rings (SSSR count). The lowest BCUT2D eigenvalue weighted by atomic mass is 10.4. The molecule has 0 unspecified atom stereocenters. The summed E-state index contributed by atoms with van der Waals surface area (Å²) in [6.07, 6.45) is -0.0310. The molecule has 0 aromatic rings. The van der Waals surface area contributed by atoms with Crippen LogP contribution in [0.4, 0.5) is 0 Å². The van der Waals surface area contributed by atoms with Crippen molar-refractivity contribution in [1.29, 1.82) is 5.26 Å². The Morgan fingerprint density at radius 2 is 2.45 bits per heavy atom. The highest BCUT2D eigenvalue weighted by Crippen LogP contribution is 1.94. The van der Waals surface area contributed by atoms with Crippen molar-refractivity contribution in [3.05, 3.63) is 0 Å². The largest absolute Gasteiger partial charge is 0.354 e. The van der Waals surface area contributed by atoms with E-state index >= 15 is 0 Å². The van der Waals surface area contributed by atoms with Crippen molar-refractivity contribution in [2.45, 2.75) is 13.3 Å². The van der Waals surface area contributed by atoms with Gasteiger partial charge in [-0.3, -0.25) is 4.79 Å². The minimum Gasteiger partial charge on any atom is -0.354 e. The van der Waals surface area contributed by atoms with E-state index in [1.807, 2.05) is 0 Å². The molecular weight excluding hydrogens is 160 g/mol. The SMILES string of the molecule is CCSCCNC(=O)CC#N. The van der Waals surface area contributed by atoms with Crippen molar-refractivity contribution in [3.8, 4) is 6.07 Å². The number of nitrogens with zero attached hydrogens (tertiary/aromatic N) is 1. The lowest BCUT2D eigenvalue weighted by molar-refractivity contribution is -0.119. The quantitative estimate of drug-likeness (QED) is 0.623. The highest BCUT2D eigenvalue weighted by molar-refractivity contribution is 7.99. The van der Waals surface area contributed by atoms with Gasteiger partial charge < -0.3 is 5.32 Å². The summed E-state index contributed by atoms with van der Waals surface area (Å²) in [7, 11) is 0. The van der Waals surface area contributed by atoms with Crippen LogP contribution < -0.4 is 5.32 Å². The summed E-state index contributed by atoms with van der Waals surface area (Å²) in [6.45, 7) is 2.74. The minimum absolute atomic E-state index is 0.0310. The molecule has 0 aromatic heterocycles. The van der Waals surface area contributed by atoms with Gasteiger partial charge in [-0.05, 0) is 5.75 Å². The Bertz CT molecular complexity index is 153. The Balaban J connectivity index is 3.12. The molecule has 0 aliphatic rings. The van der Waals surface area contributed by atoms with E-state index in [1.54, 1.807) is 17.8 Å². The Hall–Kier alpha value is -0.690. The van der Waals surface area contributed by atoms with Crippen molar-refractivity contribution >= 4 is 17.7 Å². The van der Waals surface area contributed by atoms with Crippen LogP contribution >= 0.6 is 11.8 Å². The van der Waals surface area contributed by atoms with E-state index in [0.29, 0.717) is 6.54 Å². The van der Waals surface area contributed by atoms with Gasteiger partial charge in [0.2, 0.25) is 5.91 Å². The second kappa shape index (κ2) is 7.42. The van der Waals surface area contributed by atoms with E-state index in [0.717, 1.165) is 11.5 Å². The molecule has 0 bridgehead atoms. The van der Waals surface area contributed by atoms with Crippen LogP contribution in [0.5, 0.6) is 0 Å². The Morgan fingerprint density at radius 3 is 3.00 bits per heavy atom. The van der Waals surface area contributed by atoms with Crippen LogP contribution in [0.3, 0.4) is 0 Å². The van der Waals surface area contributed by atoms with E-state index in [9.17, 15) is 4.79 Å². The molecule has 0 aliphatic heterocycles. The molecule has 0 saturated carbocycles. The van der Waals surface area contributed by atoms with Crippen LogP contribution in [-0.2, 0) is 4.79 Å². The highest BCUT2D eigenvalue weighted by atomic mass is 32.2. The van der Waals surface area contributed by atoms with Gasteiger partial charge in [0, 0.05) is 12.3 Å². The molecule has 62 valence electrons. The van der Waals surface area contributed by atoms with Crippen molar-refractivity contribution in [2.24, 2.45) is 0 Å². The Kier molecular flexibility index (Phi) is 6.95. The van der Waals surface area contributed by atoms with E-state index in [2.05, 4.69) is 12.2 Å². The Labute approximate surface area is 71.2 Å². The molecule has 1 N–H and O–H groups in total. The number of carbonyl (C=O) groups is 1. The predicted molar refractivity (Wildman–Crippen MR) is 46.2 cm³/mol. The van der Waals surface area contributed by atoms with Gasteiger partial charge in [0.25, 0.3) is 0 Å². The summed E-state index contributed by atoms with van der Waals surface area (Å²) in [5.41, 5.74) is 0. The maximum atomic E-state index is 10.7. The van der Waals surface area contributed by atoms with E-state index in [1.165, 1.54) is 0 Å². The first kappa shape index (κ1) is 10.3. The highest BCUT2D eigenvalue weighted by Gasteiger charge is 1.96. The third-order valence-corrected chi connectivity index (χ3v) is 1.91. The van der Waals surface area contributed by atoms with Gasteiger partial charge in [0.1, 0.15) is 6.42 Å². The fourth-order valence-corrected chi connectivity index (χ4v) is 1.08. The molecule has 0 fully saturated rings. The van der Waals surface area contributed by atoms with Gasteiger partial charge in [-0.15, -0.1) is 0 Å². The number of thioether (sulfide) groups is 1. The molecular formula is C7H12N2OS. The zero-order chi connectivity index (χ0) is 8.53. The summed E-state index contributed by atoms with van der Waals surface area (Å²) < 4.78 is 0. The number of nitriles is 1. The normalized spacial score (nSPS) is 8.73. The monoisotopic (exact) mass is 172 g/mol. The van der Waals surface area contributed by atoms with E-state index in [-0.39, 0.29) is 12.3 Å². The lowest BCUT2D eigenvalue weighted by Gasteiger charge is -1.99. The fraction of sp³-hybridized carbons (Fsp3) is 0.714. The van der Waals surface area contributed by atoms with Gasteiger partial charge in [-0.1, -0.05) is 6.92 Å². The van der Waals surface area contributed by atoms with Gasteiger partial charge in [-0.2, -0.15) is 17.0 Å². The van der Waals surface area contributed by atoms with E-state index < -0.39 is 0 Å². The first-order chi connectivity index (χ1) is 5.31. The average molecular weight is 172 g/mol. The van der Waals surface area contributed by atoms with Crippen LogP contribution in [0, 0.1) is 11.3 Å². The molecule has 0 spiro atoms. The molecule has 1 amide bonds. The number of amides is 1. The second-order valence-corrected chi connectivity index (χ2v) is 3.28. The number of nitrogens with one attached hydrogen (secondary N) is 1. The number of rotatable bonds is 5. The fourth-order valence-electron chi connectivity index (χ4n) is 0.541. The summed E-state index contributed by atoms with van der Waals surface area (Å²) in [5.74, 6) is 1.81. The summed E-state index contributed by atoms with van der Waals surface area (Å²) in [5, 5.41) is 10.8. The van der Waals surface area contributed by atoms with Gasteiger partial charge in [0.15, 0.2) is 0 Å². The first-order valence-corrected chi connectivity index (χ1v) is 4.68. The van der Waals surface area contributed by atoms with Crippen LogP contribution in [0.25, 0.3) is 0 Å². The summed E-state index contributed by atoms with van der Waals surface area (Å²) in [4.78, 5) is 10.7. The number of carbonyl (C=O) groups excluding carboxylic acids is 1. The number of hydrogen-bond acceptors (Lipinski definition) is 3. The average Bonchev–Trinajstić information content (AvgIpc) is 1.99. The molecule has 0 atom stereocenters. The van der Waals surface area contributed by atoms with Crippen LogP contribution in [0.15, 0.2) is 0 Å². The lowest BCUT2D eigenvalue weighted by Crippen LogP contribution is -2.24. The standard InChI is InChI=1S/C7H12N2OS/c1-2-11-6-5-9-7(10)3-4-8/h2-3,5-6H2,1H3,(H,9,10). The van der Waals surface area contributed by atoms with Crippen molar-refractivity contribution in [1.82, 2.24) is 5.32 Å². The number of hydrogen-bond donors (Lipinski definition) is 1. The van der Waals surface area contributed by atoms with Gasteiger partial charge >= 0.3 is 0 Å². The molecule has 4 heteroatoms. The molecule has 0 radical (unpaired) electrons. The molecule has 0 aliphatic carbocycles. The van der Waals surface area contributed by atoms with Gasteiger partial charge in [-0.25, -0.2) is 0 Å². The zero-order valence-electron chi connectivity index (χ0n) is 6.59. The molecule has 0 heterocycles. The van der Waals surface area contributed by atoms with Crippen molar-refractivity contribution in [3.63, 3.8) is 0 Å². The summed E-state index contributed by atoms with van der Waals surface area (Å²) >= 11 is 1.77. The van der Waals surface area contributed by atoms with E-state index in [4.69, 9.17) is 5.26 Å². The maximum absolute atomic E-state index is 10.7. The minimum atomic E-state index is -0.177. The first-order valence-electron chi connectivity index (χ1n) is 3.52. The molecule has 0 aromatic carbocycles. The smallest absolute Gasteiger partial charge is 0.234 e. The second-order valence-electron chi connectivity index (χ2n) is 1.88. The predicted octanol–water partition coefficient (Wildman–Crippen LogP) is 0.769. The Morgan fingerprint density at radius 1 is 1.73 bits per heavy atom. The third kappa shape index (κ3) is 7.20. The maximum Gasteiger partial charge on any atom is 0.234 e. The summed E-state index contributed by atoms with van der Waals surface area (Å²) in [6, 6.07) is 1.79. The topological polar surface area (TPSA) is 52.9 Å². The third-order valence-electron chi connectivity index (χ3n) is 1.01. The molecule has 11 heavy (non-hydrogen) atoms. The molecule has 3 nitrogen and oxygen atoms in total. The zero-order valence-corrected chi connectivity index (χ0v) is 7.41. The van der Waals surface area contributed by atoms with Crippen LogP contribution in [0.2, 0.25) is 0 Å². The van der Waals surface area contributed by atoms with Crippen LogP contribution in [0.1, 0.15) is 13.3 Å². The van der Waals surface area contributed by atoms with Crippen molar-refractivity contribution in [2.75, 3.05) is 18.1 Å². The van der Waals surface area contributed by atoms with Crippen LogP contribution in [-0.4, -0.2) is 24.0 Å². The van der Waals surface area contributed by atoms with Crippen molar-refractivity contribution < 1.29 is 4.79 Å². The van der Waals surface area contributed by atoms with Gasteiger partial charge in [0.05, 0.1) is 6.07 Å². The molecule has 0 saturated heterocycles.